The second kappa shape index (κ2) is 6.54. The van der Waals surface area contributed by atoms with Gasteiger partial charge in [0.15, 0.2) is 0 Å². The second-order valence-electron chi connectivity index (χ2n) is 10.3. The molecule has 0 spiro atoms. The van der Waals surface area contributed by atoms with E-state index in [4.69, 9.17) is 0 Å². The van der Waals surface area contributed by atoms with Gasteiger partial charge in [0.1, 0.15) is 5.78 Å². The summed E-state index contributed by atoms with van der Waals surface area (Å²) in [6, 6.07) is 0. The van der Waals surface area contributed by atoms with Crippen LogP contribution in [-0.4, -0.2) is 5.78 Å². The van der Waals surface area contributed by atoms with Crippen molar-refractivity contribution in [3.8, 4) is 0 Å². The number of carbonyl (C=O) groups excluding carboxylic acids is 1. The molecular formula is C24H38O. The van der Waals surface area contributed by atoms with Gasteiger partial charge in [-0.3, -0.25) is 4.79 Å². The fourth-order valence-corrected chi connectivity index (χ4v) is 8.09. The molecule has 7 unspecified atom stereocenters. The highest BCUT2D eigenvalue weighted by Gasteiger charge is 2.62. The summed E-state index contributed by atoms with van der Waals surface area (Å²) in [4.78, 5) is 13.5. The van der Waals surface area contributed by atoms with E-state index in [-0.39, 0.29) is 5.41 Å². The van der Waals surface area contributed by atoms with E-state index in [1.165, 1.54) is 64.2 Å². The zero-order valence-corrected chi connectivity index (χ0v) is 16.6. The Kier molecular flexibility index (Phi) is 4.66. The molecule has 0 N–H and O–H groups in total. The molecule has 140 valence electrons. The smallest absolute Gasteiger partial charge is 0.139 e. The topological polar surface area (TPSA) is 17.1 Å². The lowest BCUT2D eigenvalue weighted by Crippen LogP contribution is -2.56. The van der Waals surface area contributed by atoms with Crippen molar-refractivity contribution in [2.24, 2.45) is 40.4 Å². The van der Waals surface area contributed by atoms with Gasteiger partial charge in [-0.05, 0) is 92.8 Å². The van der Waals surface area contributed by atoms with Crippen molar-refractivity contribution in [3.63, 3.8) is 0 Å². The summed E-state index contributed by atoms with van der Waals surface area (Å²) >= 11 is 0. The number of unbranched alkanes of at least 4 members (excludes halogenated alkanes) is 1. The van der Waals surface area contributed by atoms with E-state index >= 15 is 0 Å². The molecular weight excluding hydrogens is 304 g/mol. The van der Waals surface area contributed by atoms with Gasteiger partial charge in [-0.25, -0.2) is 0 Å². The number of allylic oxidation sites excluding steroid dienone is 1. The van der Waals surface area contributed by atoms with E-state index in [0.29, 0.717) is 29.0 Å². The third-order valence-electron chi connectivity index (χ3n) is 9.59. The molecule has 0 radical (unpaired) electrons. The molecule has 1 nitrogen and oxygen atoms in total. The number of fused-ring (bicyclic) bond motifs is 5. The first-order valence-electron chi connectivity index (χ1n) is 11.2. The molecule has 25 heavy (non-hydrogen) atoms. The van der Waals surface area contributed by atoms with Crippen LogP contribution in [-0.2, 0) is 4.79 Å². The zero-order valence-electron chi connectivity index (χ0n) is 16.6. The molecule has 0 aromatic heterocycles. The highest BCUT2D eigenvalue weighted by Crippen LogP contribution is 2.66. The summed E-state index contributed by atoms with van der Waals surface area (Å²) in [7, 11) is 0. The van der Waals surface area contributed by atoms with Crippen molar-refractivity contribution < 1.29 is 4.79 Å². The predicted molar refractivity (Wildman–Crippen MR) is 104 cm³/mol. The van der Waals surface area contributed by atoms with Crippen molar-refractivity contribution in [2.45, 2.75) is 90.9 Å². The third-order valence-corrected chi connectivity index (χ3v) is 9.59. The van der Waals surface area contributed by atoms with Gasteiger partial charge in [0.2, 0.25) is 0 Å². The number of carbonyl (C=O) groups is 1. The molecule has 0 amide bonds. The fraction of sp³-hybridized carbons (Fsp3) is 0.875. The Balaban J connectivity index is 1.58. The van der Waals surface area contributed by atoms with Crippen molar-refractivity contribution >= 4 is 5.78 Å². The molecule has 0 aliphatic heterocycles. The Morgan fingerprint density at radius 3 is 2.72 bits per heavy atom. The molecule has 4 aliphatic carbocycles. The average Bonchev–Trinajstić information content (AvgIpc) is 2.94. The van der Waals surface area contributed by atoms with Crippen LogP contribution in [0.5, 0.6) is 0 Å². The minimum Gasteiger partial charge on any atom is -0.299 e. The number of Topliss-reactive ketones (excluding diaryl/α,β-unsaturated/α-hetero) is 1. The summed E-state index contributed by atoms with van der Waals surface area (Å²) in [5, 5.41) is 0. The fourth-order valence-electron chi connectivity index (χ4n) is 8.09. The summed E-state index contributed by atoms with van der Waals surface area (Å²) < 4.78 is 0. The highest BCUT2D eigenvalue weighted by atomic mass is 16.1. The van der Waals surface area contributed by atoms with Gasteiger partial charge in [0, 0.05) is 11.8 Å². The summed E-state index contributed by atoms with van der Waals surface area (Å²) in [6.45, 7) is 8.81. The molecule has 4 saturated carbocycles. The van der Waals surface area contributed by atoms with Crippen molar-refractivity contribution in [2.75, 3.05) is 0 Å². The summed E-state index contributed by atoms with van der Waals surface area (Å²) in [5.74, 6) is 4.42. The monoisotopic (exact) mass is 342 g/mol. The third kappa shape index (κ3) is 2.59. The van der Waals surface area contributed by atoms with Crippen molar-refractivity contribution in [3.05, 3.63) is 12.7 Å². The molecule has 0 aromatic carbocycles. The predicted octanol–water partition coefficient (Wildman–Crippen LogP) is 6.57. The first kappa shape index (κ1) is 17.8. The Morgan fingerprint density at radius 1 is 1.08 bits per heavy atom. The molecule has 7 atom stereocenters. The average molecular weight is 343 g/mol. The van der Waals surface area contributed by atoms with Gasteiger partial charge in [0.25, 0.3) is 0 Å². The van der Waals surface area contributed by atoms with E-state index < -0.39 is 0 Å². The lowest BCUT2D eigenvalue weighted by Gasteiger charge is -2.59. The molecule has 0 saturated heterocycles. The highest BCUT2D eigenvalue weighted by molar-refractivity contribution is 5.87. The Bertz CT molecular complexity index is 536. The maximum atomic E-state index is 13.5. The van der Waals surface area contributed by atoms with Crippen LogP contribution in [0, 0.1) is 40.4 Å². The molecule has 4 aliphatic rings. The Hall–Kier alpha value is -0.590. The Labute approximate surface area is 155 Å². The minimum absolute atomic E-state index is 0.000199. The molecule has 1 heteroatoms. The van der Waals surface area contributed by atoms with Gasteiger partial charge in [-0.15, -0.1) is 6.58 Å². The molecule has 4 fully saturated rings. The van der Waals surface area contributed by atoms with Crippen LogP contribution in [0.4, 0.5) is 0 Å². The first-order valence-corrected chi connectivity index (χ1v) is 11.2. The van der Waals surface area contributed by atoms with Crippen LogP contribution in [0.1, 0.15) is 90.9 Å². The van der Waals surface area contributed by atoms with Crippen LogP contribution in [0.25, 0.3) is 0 Å². The SMILES string of the molecule is C=CCCCC1CCC2C3CCC4CCCCC4(C)C3CC(=O)C12C. The van der Waals surface area contributed by atoms with Crippen molar-refractivity contribution in [1.82, 2.24) is 0 Å². The zero-order chi connectivity index (χ0) is 17.7. The van der Waals surface area contributed by atoms with Gasteiger partial charge >= 0.3 is 0 Å². The summed E-state index contributed by atoms with van der Waals surface area (Å²) in [5.41, 5.74) is 0.472. The number of hydrogen-bond donors (Lipinski definition) is 0. The van der Waals surface area contributed by atoms with Gasteiger partial charge in [-0.1, -0.05) is 32.8 Å². The Morgan fingerprint density at radius 2 is 1.92 bits per heavy atom. The lowest BCUT2D eigenvalue weighted by molar-refractivity contribution is -0.156. The normalized spacial score (nSPS) is 49.2. The van der Waals surface area contributed by atoms with E-state index in [0.717, 1.165) is 24.7 Å². The van der Waals surface area contributed by atoms with Crippen LogP contribution >= 0.6 is 0 Å². The van der Waals surface area contributed by atoms with E-state index in [2.05, 4.69) is 20.4 Å². The van der Waals surface area contributed by atoms with E-state index in [1.54, 1.807) is 0 Å². The van der Waals surface area contributed by atoms with Gasteiger partial charge in [-0.2, -0.15) is 0 Å². The van der Waals surface area contributed by atoms with Crippen LogP contribution < -0.4 is 0 Å². The molecule has 4 rings (SSSR count). The van der Waals surface area contributed by atoms with Crippen molar-refractivity contribution in [1.29, 1.82) is 0 Å². The standard InChI is InChI=1S/C24H38O/c1-4-5-6-10-18-12-14-20-19-13-11-17-9-7-8-15-23(17,2)21(19)16-22(25)24(18,20)3/h4,17-21H,1,5-16H2,2-3H3. The van der Waals surface area contributed by atoms with E-state index in [9.17, 15) is 4.79 Å². The number of ketones is 1. The minimum atomic E-state index is 0.000199. The first-order chi connectivity index (χ1) is 12.0. The largest absolute Gasteiger partial charge is 0.299 e. The van der Waals surface area contributed by atoms with Crippen LogP contribution in [0.15, 0.2) is 12.7 Å². The maximum Gasteiger partial charge on any atom is 0.139 e. The summed E-state index contributed by atoms with van der Waals surface area (Å²) in [6.07, 6.45) is 17.6. The van der Waals surface area contributed by atoms with Gasteiger partial charge < -0.3 is 0 Å². The second-order valence-corrected chi connectivity index (χ2v) is 10.3. The van der Waals surface area contributed by atoms with E-state index in [1.807, 2.05) is 6.08 Å². The van der Waals surface area contributed by atoms with Crippen LogP contribution in [0.3, 0.4) is 0 Å². The van der Waals surface area contributed by atoms with Crippen LogP contribution in [0.2, 0.25) is 0 Å². The van der Waals surface area contributed by atoms with Gasteiger partial charge in [0.05, 0.1) is 0 Å². The number of rotatable bonds is 4. The molecule has 0 aromatic rings. The lowest BCUT2D eigenvalue weighted by atomic mass is 9.44. The maximum absolute atomic E-state index is 13.5. The quantitative estimate of drug-likeness (QED) is 0.417. The molecule has 0 heterocycles. The number of hydrogen-bond acceptors (Lipinski definition) is 1. The molecule has 0 bridgehead atoms.